The van der Waals surface area contributed by atoms with E-state index in [1.165, 1.54) is 6.26 Å². The first kappa shape index (κ1) is 28.6. The SMILES string of the molecule is C=C/C=C\C(=C/C)NC(=S)O/C=C/C=C(\C=C/C)OCCN1CCCC(C(=O)N2CCCC2)CC1. The van der Waals surface area contributed by atoms with E-state index >= 15 is 0 Å². The fourth-order valence-electron chi connectivity index (χ4n) is 4.20. The minimum absolute atomic E-state index is 0.185. The summed E-state index contributed by atoms with van der Waals surface area (Å²) in [6.07, 6.45) is 21.6. The van der Waals surface area contributed by atoms with Crippen LogP contribution in [0.4, 0.5) is 0 Å². The quantitative estimate of drug-likeness (QED) is 0.238. The molecule has 2 rings (SSSR count). The highest BCUT2D eigenvalue weighted by Gasteiger charge is 2.28. The number of rotatable bonds is 11. The van der Waals surface area contributed by atoms with Gasteiger partial charge in [-0.25, -0.2) is 0 Å². The second-order valence-corrected chi connectivity index (χ2v) is 8.99. The number of nitrogens with zero attached hydrogens (tertiary/aromatic N) is 2. The first-order chi connectivity index (χ1) is 17.1. The molecule has 0 aromatic rings. The van der Waals surface area contributed by atoms with Crippen molar-refractivity contribution in [3.05, 3.63) is 72.9 Å². The van der Waals surface area contributed by atoms with Gasteiger partial charge in [0.15, 0.2) is 0 Å². The minimum atomic E-state index is 0.185. The fraction of sp³-hybridized carbons (Fsp3) is 0.500. The number of allylic oxidation sites excluding steroid dienone is 8. The lowest BCUT2D eigenvalue weighted by atomic mass is 9.99. The Balaban J connectivity index is 1.74. The molecule has 0 bridgehead atoms. The van der Waals surface area contributed by atoms with Gasteiger partial charge >= 0.3 is 0 Å². The van der Waals surface area contributed by atoms with Crippen LogP contribution in [0.25, 0.3) is 0 Å². The van der Waals surface area contributed by atoms with Gasteiger partial charge in [-0.1, -0.05) is 30.9 Å². The number of nitrogens with one attached hydrogen (secondary N) is 1. The van der Waals surface area contributed by atoms with Crippen LogP contribution in [-0.4, -0.2) is 60.2 Å². The van der Waals surface area contributed by atoms with Crippen LogP contribution in [0.2, 0.25) is 0 Å². The molecule has 0 radical (unpaired) electrons. The normalized spacial score (nSPS) is 20.5. The van der Waals surface area contributed by atoms with Crippen LogP contribution in [0.1, 0.15) is 46.0 Å². The van der Waals surface area contributed by atoms with Crippen molar-refractivity contribution in [1.29, 1.82) is 0 Å². The number of ether oxygens (including phenoxy) is 2. The number of hydrogen-bond acceptors (Lipinski definition) is 5. The van der Waals surface area contributed by atoms with Crippen LogP contribution in [-0.2, 0) is 14.3 Å². The van der Waals surface area contributed by atoms with E-state index in [4.69, 9.17) is 21.7 Å². The summed E-state index contributed by atoms with van der Waals surface area (Å²) in [7, 11) is 0. The van der Waals surface area contributed by atoms with Crippen LogP contribution < -0.4 is 5.32 Å². The number of amides is 1. The molecule has 1 atom stereocenters. The van der Waals surface area contributed by atoms with Gasteiger partial charge < -0.3 is 19.7 Å². The van der Waals surface area contributed by atoms with Gasteiger partial charge in [-0.05, 0) is 95.6 Å². The van der Waals surface area contributed by atoms with Gasteiger partial charge in [0.25, 0.3) is 5.17 Å². The number of thiocarbonyl (C=S) groups is 1. The zero-order chi connectivity index (χ0) is 25.3. The van der Waals surface area contributed by atoms with Crippen molar-refractivity contribution in [3.63, 3.8) is 0 Å². The van der Waals surface area contributed by atoms with Crippen molar-refractivity contribution >= 4 is 23.3 Å². The summed E-state index contributed by atoms with van der Waals surface area (Å²) >= 11 is 5.21. The zero-order valence-corrected chi connectivity index (χ0v) is 22.1. The lowest BCUT2D eigenvalue weighted by molar-refractivity contribution is -0.134. The molecule has 0 aliphatic carbocycles. The van der Waals surface area contributed by atoms with Gasteiger partial charge in [0, 0.05) is 31.2 Å². The van der Waals surface area contributed by atoms with Gasteiger partial charge in [0.2, 0.25) is 5.91 Å². The lowest BCUT2D eigenvalue weighted by Crippen LogP contribution is -2.34. The standard InChI is InChI=1S/C28H41N3O3S/c1-4-7-14-25(6-3)29-28(35)34-22-11-15-26(12-5-2)33-23-21-30-17-10-13-24(16-20-30)27(32)31-18-8-9-19-31/h4-7,11-12,14-15,22,24H,1,8-10,13,16-21,23H2,2-3H3,(H,29,35)/b12-5-,14-7-,22-11+,25-6+,26-15+. The second kappa shape index (κ2) is 16.9. The maximum atomic E-state index is 12.7. The third kappa shape index (κ3) is 11.1. The van der Waals surface area contributed by atoms with E-state index in [0.29, 0.717) is 12.5 Å². The summed E-state index contributed by atoms with van der Waals surface area (Å²) in [6, 6.07) is 0. The Morgan fingerprint density at radius 2 is 1.89 bits per heavy atom. The number of carbonyl (C=O) groups is 1. The van der Waals surface area contributed by atoms with E-state index in [0.717, 1.165) is 76.3 Å². The van der Waals surface area contributed by atoms with Crippen molar-refractivity contribution in [2.24, 2.45) is 5.92 Å². The Kier molecular flexibility index (Phi) is 13.8. The van der Waals surface area contributed by atoms with Gasteiger partial charge in [0.1, 0.15) is 12.4 Å². The first-order valence-corrected chi connectivity index (χ1v) is 13.0. The van der Waals surface area contributed by atoms with Crippen molar-refractivity contribution in [2.75, 3.05) is 39.3 Å². The molecular weight excluding hydrogens is 458 g/mol. The zero-order valence-electron chi connectivity index (χ0n) is 21.3. The summed E-state index contributed by atoms with van der Waals surface area (Å²) in [4.78, 5) is 17.2. The molecular formula is C28H41N3O3S. The second-order valence-electron chi connectivity index (χ2n) is 8.62. The summed E-state index contributed by atoms with van der Waals surface area (Å²) < 4.78 is 11.4. The fourth-order valence-corrected chi connectivity index (χ4v) is 4.37. The molecule has 1 N–H and O–H groups in total. The molecule has 2 fully saturated rings. The number of likely N-dealkylation sites (tertiary alicyclic amines) is 2. The smallest absolute Gasteiger partial charge is 0.266 e. The monoisotopic (exact) mass is 499 g/mol. The van der Waals surface area contributed by atoms with E-state index in [1.54, 1.807) is 12.2 Å². The highest BCUT2D eigenvalue weighted by atomic mass is 32.1. The van der Waals surface area contributed by atoms with Gasteiger partial charge in [-0.15, -0.1) is 0 Å². The predicted octanol–water partition coefficient (Wildman–Crippen LogP) is 5.24. The van der Waals surface area contributed by atoms with E-state index in [-0.39, 0.29) is 11.1 Å². The molecule has 6 nitrogen and oxygen atoms in total. The third-order valence-electron chi connectivity index (χ3n) is 6.08. The summed E-state index contributed by atoms with van der Waals surface area (Å²) in [5, 5.41) is 3.26. The van der Waals surface area contributed by atoms with E-state index in [1.807, 2.05) is 50.3 Å². The highest BCUT2D eigenvalue weighted by molar-refractivity contribution is 7.80. The van der Waals surface area contributed by atoms with Gasteiger partial charge in [-0.3, -0.25) is 9.69 Å². The van der Waals surface area contributed by atoms with Crippen molar-refractivity contribution < 1.29 is 14.3 Å². The molecule has 1 amide bonds. The maximum Gasteiger partial charge on any atom is 0.266 e. The molecule has 1 unspecified atom stereocenters. The summed E-state index contributed by atoms with van der Waals surface area (Å²) in [5.74, 6) is 1.31. The molecule has 0 aromatic carbocycles. The minimum Gasteiger partial charge on any atom is -0.492 e. The molecule has 2 aliphatic rings. The topological polar surface area (TPSA) is 54.0 Å². The van der Waals surface area contributed by atoms with Crippen LogP contribution in [0.5, 0.6) is 0 Å². The van der Waals surface area contributed by atoms with Crippen LogP contribution in [0.15, 0.2) is 72.9 Å². The van der Waals surface area contributed by atoms with Gasteiger partial charge in [-0.2, -0.15) is 0 Å². The summed E-state index contributed by atoms with van der Waals surface area (Å²) in [6.45, 7) is 12.8. The van der Waals surface area contributed by atoms with Crippen molar-refractivity contribution in [3.8, 4) is 0 Å². The Labute approximate surface area is 216 Å². The molecule has 2 aliphatic heterocycles. The molecule has 7 heteroatoms. The molecule has 2 saturated heterocycles. The molecule has 2 heterocycles. The van der Waals surface area contributed by atoms with E-state index in [9.17, 15) is 4.79 Å². The summed E-state index contributed by atoms with van der Waals surface area (Å²) in [5.41, 5.74) is 0.831. The Hall–Kier alpha value is -2.64. The van der Waals surface area contributed by atoms with E-state index < -0.39 is 0 Å². The molecule has 192 valence electrons. The Morgan fingerprint density at radius 1 is 1.09 bits per heavy atom. The van der Waals surface area contributed by atoms with Crippen molar-refractivity contribution in [1.82, 2.24) is 15.1 Å². The Bertz CT molecular complexity index is 838. The van der Waals surface area contributed by atoms with Crippen LogP contribution in [0, 0.1) is 5.92 Å². The largest absolute Gasteiger partial charge is 0.492 e. The van der Waals surface area contributed by atoms with E-state index in [2.05, 4.69) is 21.7 Å². The first-order valence-electron chi connectivity index (χ1n) is 12.6. The maximum absolute atomic E-state index is 12.7. The number of hydrogen-bond donors (Lipinski definition) is 1. The predicted molar refractivity (Wildman–Crippen MR) is 147 cm³/mol. The Morgan fingerprint density at radius 3 is 2.60 bits per heavy atom. The lowest BCUT2D eigenvalue weighted by Gasteiger charge is -2.22. The molecule has 0 spiro atoms. The van der Waals surface area contributed by atoms with Gasteiger partial charge in [0.05, 0.1) is 6.26 Å². The number of carbonyl (C=O) groups excluding carboxylic acids is 1. The average Bonchev–Trinajstić information content (AvgIpc) is 3.30. The van der Waals surface area contributed by atoms with Crippen LogP contribution in [0.3, 0.4) is 0 Å². The highest BCUT2D eigenvalue weighted by Crippen LogP contribution is 2.22. The third-order valence-corrected chi connectivity index (χ3v) is 6.28. The van der Waals surface area contributed by atoms with Crippen LogP contribution >= 0.6 is 12.2 Å². The van der Waals surface area contributed by atoms with Crippen molar-refractivity contribution in [2.45, 2.75) is 46.0 Å². The molecule has 35 heavy (non-hydrogen) atoms. The molecule has 0 saturated carbocycles. The average molecular weight is 500 g/mol. The molecule has 0 aromatic heterocycles.